The minimum absolute atomic E-state index is 0.00195. The zero-order chi connectivity index (χ0) is 20.5. The zero-order valence-electron chi connectivity index (χ0n) is 16.4. The van der Waals surface area contributed by atoms with Gasteiger partial charge in [-0.1, -0.05) is 42.0 Å². The van der Waals surface area contributed by atoms with Gasteiger partial charge in [0.2, 0.25) is 5.88 Å². The van der Waals surface area contributed by atoms with E-state index in [1.807, 2.05) is 55.5 Å². The van der Waals surface area contributed by atoms with Gasteiger partial charge in [-0.3, -0.25) is 4.79 Å². The molecule has 4 rings (SSSR count). The minimum Gasteiger partial charge on any atom is -0.497 e. The molecule has 1 heterocycles. The van der Waals surface area contributed by atoms with E-state index in [0.717, 1.165) is 22.4 Å². The molecule has 0 unspecified atom stereocenters. The third kappa shape index (κ3) is 3.38. The highest BCUT2D eigenvalue weighted by Crippen LogP contribution is 2.46. The first-order chi connectivity index (χ1) is 14.0. The molecule has 0 aromatic heterocycles. The van der Waals surface area contributed by atoms with Gasteiger partial charge in [-0.05, 0) is 36.1 Å². The van der Waals surface area contributed by atoms with Gasteiger partial charge < -0.3 is 15.2 Å². The molecule has 5 heteroatoms. The summed E-state index contributed by atoms with van der Waals surface area (Å²) in [6.07, 6.45) is 0.935. The molecule has 146 valence electrons. The van der Waals surface area contributed by atoms with Crippen LogP contribution in [0.3, 0.4) is 0 Å². The Balaban J connectivity index is 1.74. The Hall–Kier alpha value is -3.52. The first-order valence-corrected chi connectivity index (χ1v) is 9.56. The van der Waals surface area contributed by atoms with Crippen LogP contribution in [0.2, 0.25) is 0 Å². The molecule has 2 aromatic carbocycles. The molecule has 2 atom stereocenters. The van der Waals surface area contributed by atoms with Crippen LogP contribution in [0.4, 0.5) is 0 Å². The SMILES string of the molecule is COc1ccc([C@@H]2CC(=O)C3=C(C2)OC(N)=C(C#N)[C@@H]3c2ccc(C)cc2)cc1. The van der Waals surface area contributed by atoms with Crippen LogP contribution in [-0.2, 0) is 9.53 Å². The Morgan fingerprint density at radius 3 is 2.34 bits per heavy atom. The summed E-state index contributed by atoms with van der Waals surface area (Å²) in [5.74, 6) is 0.952. The molecule has 0 bridgehead atoms. The number of benzene rings is 2. The fourth-order valence-corrected chi connectivity index (χ4v) is 4.11. The maximum atomic E-state index is 13.2. The average molecular weight is 386 g/mol. The number of nitrogens with zero attached hydrogens (tertiary/aromatic N) is 1. The summed E-state index contributed by atoms with van der Waals surface area (Å²) in [6.45, 7) is 2.00. The lowest BCUT2D eigenvalue weighted by Crippen LogP contribution is -2.29. The van der Waals surface area contributed by atoms with Crippen LogP contribution in [-0.4, -0.2) is 12.9 Å². The van der Waals surface area contributed by atoms with E-state index < -0.39 is 5.92 Å². The topological polar surface area (TPSA) is 85.3 Å². The van der Waals surface area contributed by atoms with Crippen molar-refractivity contribution in [3.63, 3.8) is 0 Å². The van der Waals surface area contributed by atoms with Gasteiger partial charge in [-0.25, -0.2) is 0 Å². The van der Waals surface area contributed by atoms with Crippen LogP contribution in [0.25, 0.3) is 0 Å². The van der Waals surface area contributed by atoms with Crippen LogP contribution in [0.1, 0.15) is 41.4 Å². The second-order valence-corrected chi connectivity index (χ2v) is 7.47. The van der Waals surface area contributed by atoms with Crippen molar-refractivity contribution in [3.8, 4) is 11.8 Å². The second kappa shape index (κ2) is 7.48. The Labute approximate surface area is 170 Å². The maximum Gasteiger partial charge on any atom is 0.205 e. The van der Waals surface area contributed by atoms with Crippen molar-refractivity contribution >= 4 is 5.78 Å². The standard InChI is InChI=1S/C24H22N2O3/c1-14-3-5-16(6-4-14)22-19(13-25)24(26)29-21-12-17(11-20(27)23(21)22)15-7-9-18(28-2)10-8-15/h3-10,17,22H,11-12,26H2,1-2H3/t17-,22+/m1/s1. The van der Waals surface area contributed by atoms with E-state index in [9.17, 15) is 10.1 Å². The number of aryl methyl sites for hydroxylation is 1. The highest BCUT2D eigenvalue weighted by Gasteiger charge is 2.40. The Bertz CT molecular complexity index is 1060. The van der Waals surface area contributed by atoms with Gasteiger partial charge in [-0.2, -0.15) is 5.26 Å². The molecule has 5 nitrogen and oxygen atoms in total. The number of carbonyl (C=O) groups is 1. The third-order valence-corrected chi connectivity index (χ3v) is 5.66. The lowest BCUT2D eigenvalue weighted by Gasteiger charge is -2.34. The van der Waals surface area contributed by atoms with Gasteiger partial charge in [0.1, 0.15) is 23.2 Å². The van der Waals surface area contributed by atoms with Crippen LogP contribution in [0.5, 0.6) is 5.75 Å². The molecule has 2 N–H and O–H groups in total. The van der Waals surface area contributed by atoms with Crippen molar-refractivity contribution in [2.75, 3.05) is 7.11 Å². The van der Waals surface area contributed by atoms with Crippen LogP contribution in [0, 0.1) is 18.3 Å². The molecular formula is C24H22N2O3. The molecule has 0 saturated carbocycles. The summed E-state index contributed by atoms with van der Waals surface area (Å²) in [5.41, 5.74) is 9.99. The lowest BCUT2D eigenvalue weighted by atomic mass is 9.73. The number of nitrogens with two attached hydrogens (primary N) is 1. The van der Waals surface area contributed by atoms with Gasteiger partial charge in [0.15, 0.2) is 5.78 Å². The smallest absolute Gasteiger partial charge is 0.205 e. The predicted octanol–water partition coefficient (Wildman–Crippen LogP) is 4.21. The minimum atomic E-state index is -0.478. The molecule has 0 fully saturated rings. The van der Waals surface area contributed by atoms with E-state index in [1.54, 1.807) is 7.11 Å². The van der Waals surface area contributed by atoms with E-state index in [2.05, 4.69) is 6.07 Å². The molecule has 0 saturated heterocycles. The van der Waals surface area contributed by atoms with Crippen molar-refractivity contribution in [2.45, 2.75) is 31.6 Å². The van der Waals surface area contributed by atoms with Crippen LogP contribution in [0.15, 0.2) is 71.3 Å². The highest BCUT2D eigenvalue weighted by atomic mass is 16.5. The molecule has 0 amide bonds. The first kappa shape index (κ1) is 18.8. The summed E-state index contributed by atoms with van der Waals surface area (Å²) in [5, 5.41) is 9.69. The predicted molar refractivity (Wildman–Crippen MR) is 109 cm³/mol. The number of ether oxygens (including phenoxy) is 2. The number of allylic oxidation sites excluding steroid dienone is 3. The largest absolute Gasteiger partial charge is 0.497 e. The maximum absolute atomic E-state index is 13.2. The number of nitriles is 1. The molecule has 0 spiro atoms. The Kier molecular flexibility index (Phi) is 4.85. The zero-order valence-corrected chi connectivity index (χ0v) is 16.4. The van der Waals surface area contributed by atoms with Gasteiger partial charge in [0.25, 0.3) is 0 Å². The van der Waals surface area contributed by atoms with Gasteiger partial charge in [0.05, 0.1) is 13.0 Å². The van der Waals surface area contributed by atoms with Crippen molar-refractivity contribution in [1.29, 1.82) is 5.26 Å². The van der Waals surface area contributed by atoms with Gasteiger partial charge >= 0.3 is 0 Å². The Morgan fingerprint density at radius 2 is 1.72 bits per heavy atom. The number of carbonyl (C=O) groups excluding carboxylic acids is 1. The highest BCUT2D eigenvalue weighted by molar-refractivity contribution is 6.00. The fourth-order valence-electron chi connectivity index (χ4n) is 4.11. The fraction of sp³-hybridized carbons (Fsp3) is 0.250. The number of hydrogen-bond acceptors (Lipinski definition) is 5. The van der Waals surface area contributed by atoms with E-state index in [1.165, 1.54) is 0 Å². The molecule has 2 aromatic rings. The molecular weight excluding hydrogens is 364 g/mol. The van der Waals surface area contributed by atoms with Crippen molar-refractivity contribution in [1.82, 2.24) is 0 Å². The third-order valence-electron chi connectivity index (χ3n) is 5.66. The number of ketones is 1. The second-order valence-electron chi connectivity index (χ2n) is 7.47. The van der Waals surface area contributed by atoms with Crippen molar-refractivity contribution in [2.24, 2.45) is 5.73 Å². The number of rotatable bonds is 3. The molecule has 2 aliphatic rings. The van der Waals surface area contributed by atoms with E-state index in [0.29, 0.717) is 29.7 Å². The summed E-state index contributed by atoms with van der Waals surface area (Å²) in [7, 11) is 1.62. The number of hydrogen-bond donors (Lipinski definition) is 1. The summed E-state index contributed by atoms with van der Waals surface area (Å²) in [6, 6.07) is 17.7. The summed E-state index contributed by atoms with van der Waals surface area (Å²) < 4.78 is 11.0. The normalized spacial score (nSPS) is 21.3. The molecule has 29 heavy (non-hydrogen) atoms. The number of Topliss-reactive ketones (excluding diaryl/α,β-unsaturated/α-hetero) is 1. The Morgan fingerprint density at radius 1 is 1.07 bits per heavy atom. The van der Waals surface area contributed by atoms with Crippen LogP contribution < -0.4 is 10.5 Å². The van der Waals surface area contributed by atoms with Crippen molar-refractivity contribution in [3.05, 3.63) is 88.0 Å². The average Bonchev–Trinajstić information content (AvgIpc) is 2.73. The van der Waals surface area contributed by atoms with E-state index >= 15 is 0 Å². The molecule has 0 radical (unpaired) electrons. The lowest BCUT2D eigenvalue weighted by molar-refractivity contribution is -0.117. The first-order valence-electron chi connectivity index (χ1n) is 9.56. The molecule has 1 aliphatic carbocycles. The van der Waals surface area contributed by atoms with E-state index in [-0.39, 0.29) is 17.6 Å². The van der Waals surface area contributed by atoms with E-state index in [4.69, 9.17) is 15.2 Å². The summed E-state index contributed by atoms with van der Waals surface area (Å²) >= 11 is 0. The summed E-state index contributed by atoms with van der Waals surface area (Å²) in [4.78, 5) is 13.2. The quantitative estimate of drug-likeness (QED) is 0.854. The van der Waals surface area contributed by atoms with Crippen LogP contribution >= 0.6 is 0 Å². The van der Waals surface area contributed by atoms with Crippen molar-refractivity contribution < 1.29 is 14.3 Å². The monoisotopic (exact) mass is 386 g/mol. The van der Waals surface area contributed by atoms with Gasteiger partial charge in [0, 0.05) is 18.4 Å². The molecule has 1 aliphatic heterocycles. The number of methoxy groups -OCH3 is 1. The van der Waals surface area contributed by atoms with Gasteiger partial charge in [-0.15, -0.1) is 0 Å².